The van der Waals surface area contributed by atoms with E-state index in [1.54, 1.807) is 11.8 Å². The second-order valence-corrected chi connectivity index (χ2v) is 5.16. The summed E-state index contributed by atoms with van der Waals surface area (Å²) in [5.41, 5.74) is 0. The monoisotopic (exact) mass is 250 g/mol. The second kappa shape index (κ2) is 4.63. The molecule has 2 aliphatic rings. The van der Waals surface area contributed by atoms with Crippen molar-refractivity contribution < 1.29 is 14.6 Å². The molecule has 2 aliphatic heterocycles. The fourth-order valence-corrected chi connectivity index (χ4v) is 3.04. The Labute approximate surface area is 104 Å². The Bertz CT molecular complexity index is 444. The summed E-state index contributed by atoms with van der Waals surface area (Å²) in [5, 5.41) is 10.2. The van der Waals surface area contributed by atoms with Gasteiger partial charge in [-0.2, -0.15) is 0 Å². The maximum absolute atomic E-state index is 10.2. The average molecular weight is 250 g/mol. The van der Waals surface area contributed by atoms with Crippen molar-refractivity contribution in [1.82, 2.24) is 0 Å². The minimum Gasteiger partial charge on any atom is -0.495 e. The van der Waals surface area contributed by atoms with Crippen LogP contribution in [0.3, 0.4) is 0 Å². The Morgan fingerprint density at radius 2 is 2.24 bits per heavy atom. The summed E-state index contributed by atoms with van der Waals surface area (Å²) in [6.45, 7) is 0.669. The standard InChI is InChI=1S/C13H14O3S/c14-13(10-5-3-7-15-10)11-8-17-12-6-2-1-4-9(12)16-11/h1-2,4-6,11,13-14H,3,7-8H2. The number of thioether (sulfide) groups is 1. The van der Waals surface area contributed by atoms with Gasteiger partial charge in [0.2, 0.25) is 0 Å². The van der Waals surface area contributed by atoms with Crippen molar-refractivity contribution in [3.05, 3.63) is 36.1 Å². The van der Waals surface area contributed by atoms with Crippen LogP contribution in [-0.2, 0) is 4.74 Å². The zero-order chi connectivity index (χ0) is 11.7. The van der Waals surface area contributed by atoms with Gasteiger partial charge in [0.05, 0.1) is 6.61 Å². The van der Waals surface area contributed by atoms with Gasteiger partial charge in [-0.25, -0.2) is 0 Å². The van der Waals surface area contributed by atoms with Crippen molar-refractivity contribution in [3.63, 3.8) is 0 Å². The van der Waals surface area contributed by atoms with Crippen molar-refractivity contribution in [2.24, 2.45) is 0 Å². The van der Waals surface area contributed by atoms with E-state index in [9.17, 15) is 5.11 Å². The highest BCUT2D eigenvalue weighted by atomic mass is 32.2. The van der Waals surface area contributed by atoms with Crippen LogP contribution in [0, 0.1) is 0 Å². The molecule has 0 saturated heterocycles. The second-order valence-electron chi connectivity index (χ2n) is 4.10. The van der Waals surface area contributed by atoms with E-state index in [0.29, 0.717) is 12.4 Å². The Morgan fingerprint density at radius 3 is 3.06 bits per heavy atom. The summed E-state index contributed by atoms with van der Waals surface area (Å²) < 4.78 is 11.2. The summed E-state index contributed by atoms with van der Waals surface area (Å²) in [4.78, 5) is 1.14. The van der Waals surface area contributed by atoms with Crippen LogP contribution in [-0.4, -0.2) is 29.7 Å². The highest BCUT2D eigenvalue weighted by Crippen LogP contribution is 2.36. The van der Waals surface area contributed by atoms with E-state index in [-0.39, 0.29) is 6.10 Å². The predicted octanol–water partition coefficient (Wildman–Crippen LogP) is 2.20. The molecule has 0 aliphatic carbocycles. The van der Waals surface area contributed by atoms with Gasteiger partial charge in [-0.3, -0.25) is 0 Å². The third-order valence-electron chi connectivity index (χ3n) is 2.91. The molecule has 90 valence electrons. The molecule has 0 saturated carbocycles. The lowest BCUT2D eigenvalue weighted by atomic mass is 10.1. The molecular weight excluding hydrogens is 236 g/mol. The zero-order valence-corrected chi connectivity index (χ0v) is 10.2. The molecule has 17 heavy (non-hydrogen) atoms. The number of hydrogen-bond donors (Lipinski definition) is 1. The van der Waals surface area contributed by atoms with Gasteiger partial charge in [-0.05, 0) is 18.2 Å². The molecule has 0 fully saturated rings. The van der Waals surface area contributed by atoms with E-state index in [1.807, 2.05) is 30.3 Å². The smallest absolute Gasteiger partial charge is 0.148 e. The van der Waals surface area contributed by atoms with E-state index in [4.69, 9.17) is 9.47 Å². The molecule has 1 aromatic rings. The lowest BCUT2D eigenvalue weighted by molar-refractivity contribution is 0.0311. The Hall–Kier alpha value is -1.13. The third kappa shape index (κ3) is 2.15. The quantitative estimate of drug-likeness (QED) is 0.873. The number of aliphatic hydroxyl groups is 1. The van der Waals surface area contributed by atoms with Gasteiger partial charge >= 0.3 is 0 Å². The molecule has 0 spiro atoms. The average Bonchev–Trinajstić information content (AvgIpc) is 2.91. The molecular formula is C13H14O3S. The maximum Gasteiger partial charge on any atom is 0.148 e. The van der Waals surface area contributed by atoms with Gasteiger partial charge in [0, 0.05) is 17.1 Å². The van der Waals surface area contributed by atoms with Gasteiger partial charge in [0.1, 0.15) is 23.7 Å². The molecule has 0 amide bonds. The van der Waals surface area contributed by atoms with Crippen LogP contribution >= 0.6 is 11.8 Å². The number of aliphatic hydroxyl groups excluding tert-OH is 1. The van der Waals surface area contributed by atoms with Crippen molar-refractivity contribution in [1.29, 1.82) is 0 Å². The minimum atomic E-state index is -0.654. The van der Waals surface area contributed by atoms with E-state index >= 15 is 0 Å². The largest absolute Gasteiger partial charge is 0.495 e. The van der Waals surface area contributed by atoms with Crippen molar-refractivity contribution >= 4 is 11.8 Å². The first-order valence-electron chi connectivity index (χ1n) is 5.74. The first-order valence-corrected chi connectivity index (χ1v) is 6.72. The lowest BCUT2D eigenvalue weighted by Gasteiger charge is -2.29. The molecule has 0 bridgehead atoms. The molecule has 3 nitrogen and oxygen atoms in total. The molecule has 1 N–H and O–H groups in total. The van der Waals surface area contributed by atoms with Crippen LogP contribution in [0.5, 0.6) is 5.75 Å². The fourth-order valence-electron chi connectivity index (χ4n) is 2.02. The number of fused-ring (bicyclic) bond motifs is 1. The first kappa shape index (κ1) is 11.0. The van der Waals surface area contributed by atoms with Crippen LogP contribution < -0.4 is 4.74 Å². The van der Waals surface area contributed by atoms with E-state index in [1.165, 1.54) is 0 Å². The number of hydrogen-bond acceptors (Lipinski definition) is 4. The van der Waals surface area contributed by atoms with Crippen molar-refractivity contribution in [3.8, 4) is 5.75 Å². The third-order valence-corrected chi connectivity index (χ3v) is 4.05. The van der Waals surface area contributed by atoms with Crippen LogP contribution in [0.25, 0.3) is 0 Å². The molecule has 0 radical (unpaired) electrons. The molecule has 3 rings (SSSR count). The van der Waals surface area contributed by atoms with Gasteiger partial charge in [0.25, 0.3) is 0 Å². The maximum atomic E-state index is 10.2. The number of para-hydroxylation sites is 1. The van der Waals surface area contributed by atoms with E-state index < -0.39 is 6.10 Å². The minimum absolute atomic E-state index is 0.223. The van der Waals surface area contributed by atoms with Gasteiger partial charge in [-0.15, -0.1) is 11.8 Å². The van der Waals surface area contributed by atoms with E-state index in [0.717, 1.165) is 22.8 Å². The van der Waals surface area contributed by atoms with Crippen molar-refractivity contribution in [2.75, 3.05) is 12.4 Å². The Morgan fingerprint density at radius 1 is 1.35 bits per heavy atom. The van der Waals surface area contributed by atoms with Crippen LogP contribution in [0.1, 0.15) is 6.42 Å². The van der Waals surface area contributed by atoms with E-state index in [2.05, 4.69) is 0 Å². The SMILES string of the molecule is OC(C1=CCCO1)C1CSc2ccccc2O1. The topological polar surface area (TPSA) is 38.7 Å². The lowest BCUT2D eigenvalue weighted by Crippen LogP contribution is -2.37. The molecule has 0 aromatic heterocycles. The predicted molar refractivity (Wildman–Crippen MR) is 66.2 cm³/mol. The number of ether oxygens (including phenoxy) is 2. The summed E-state index contributed by atoms with van der Waals surface area (Å²) in [6.07, 6.45) is 1.94. The zero-order valence-electron chi connectivity index (χ0n) is 9.33. The van der Waals surface area contributed by atoms with Crippen LogP contribution in [0.4, 0.5) is 0 Å². The Kier molecular flexibility index (Phi) is 2.99. The van der Waals surface area contributed by atoms with Gasteiger partial charge < -0.3 is 14.6 Å². The molecule has 2 unspecified atom stereocenters. The Balaban J connectivity index is 1.75. The molecule has 2 atom stereocenters. The summed E-state index contributed by atoms with van der Waals surface area (Å²) >= 11 is 1.72. The van der Waals surface area contributed by atoms with Crippen molar-refractivity contribution in [2.45, 2.75) is 23.5 Å². The highest BCUT2D eigenvalue weighted by Gasteiger charge is 2.31. The normalized spacial score (nSPS) is 24.3. The highest BCUT2D eigenvalue weighted by molar-refractivity contribution is 7.99. The first-order chi connectivity index (χ1) is 8.34. The summed E-state index contributed by atoms with van der Waals surface area (Å²) in [6, 6.07) is 7.91. The fraction of sp³-hybridized carbons (Fsp3) is 0.385. The molecule has 1 aromatic carbocycles. The van der Waals surface area contributed by atoms with Gasteiger partial charge in [0.15, 0.2) is 0 Å². The number of benzene rings is 1. The number of rotatable bonds is 2. The summed E-state index contributed by atoms with van der Waals surface area (Å²) in [7, 11) is 0. The van der Waals surface area contributed by atoms with Gasteiger partial charge in [-0.1, -0.05) is 12.1 Å². The molecule has 2 heterocycles. The van der Waals surface area contributed by atoms with Crippen LogP contribution in [0.2, 0.25) is 0 Å². The summed E-state index contributed by atoms with van der Waals surface area (Å²) in [5.74, 6) is 2.26. The van der Waals surface area contributed by atoms with Crippen LogP contribution in [0.15, 0.2) is 41.0 Å². The molecule has 4 heteroatoms.